The molecule has 0 saturated heterocycles. The van der Waals surface area contributed by atoms with Gasteiger partial charge in [0.15, 0.2) is 0 Å². The molecule has 1 heterocycles. The second kappa shape index (κ2) is 4.79. The maximum atomic E-state index is 3.59. The third-order valence-corrected chi connectivity index (χ3v) is 4.28. The minimum atomic E-state index is 0.758. The van der Waals surface area contributed by atoms with E-state index in [0.29, 0.717) is 0 Å². The van der Waals surface area contributed by atoms with Crippen LogP contribution in [0.5, 0.6) is 0 Å². The highest BCUT2D eigenvalue weighted by Gasteiger charge is 2.31. The molecule has 1 saturated carbocycles. The van der Waals surface area contributed by atoms with Gasteiger partial charge in [0, 0.05) is 25.2 Å². The van der Waals surface area contributed by atoms with Crippen molar-refractivity contribution in [2.24, 2.45) is 0 Å². The largest absolute Gasteiger partial charge is 0.314 e. The highest BCUT2D eigenvalue weighted by molar-refractivity contribution is 5.30. The third kappa shape index (κ3) is 2.24. The summed E-state index contributed by atoms with van der Waals surface area (Å²) in [6, 6.07) is 10.5. The van der Waals surface area contributed by atoms with Crippen molar-refractivity contribution in [2.75, 3.05) is 6.54 Å². The van der Waals surface area contributed by atoms with E-state index in [-0.39, 0.29) is 0 Å². The number of nitrogens with one attached hydrogen (secondary N) is 1. The average Bonchev–Trinajstić information content (AvgIpc) is 2.94. The van der Waals surface area contributed by atoms with Crippen LogP contribution in [0.4, 0.5) is 0 Å². The summed E-state index contributed by atoms with van der Waals surface area (Å²) in [6.45, 7) is 5.65. The summed E-state index contributed by atoms with van der Waals surface area (Å²) < 4.78 is 0. The lowest BCUT2D eigenvalue weighted by Gasteiger charge is -2.23. The summed E-state index contributed by atoms with van der Waals surface area (Å²) >= 11 is 0. The number of nitrogens with zero attached hydrogens (tertiary/aromatic N) is 1. The summed E-state index contributed by atoms with van der Waals surface area (Å²) in [6.07, 6.45) is 4.05. The number of benzene rings is 1. The molecule has 2 unspecified atom stereocenters. The van der Waals surface area contributed by atoms with E-state index in [9.17, 15) is 0 Å². The highest BCUT2D eigenvalue weighted by atomic mass is 15.2. The summed E-state index contributed by atoms with van der Waals surface area (Å²) in [5.74, 6) is 0. The lowest BCUT2D eigenvalue weighted by atomic mass is 10.1. The van der Waals surface area contributed by atoms with Crippen molar-refractivity contribution in [1.82, 2.24) is 10.2 Å². The topological polar surface area (TPSA) is 15.3 Å². The average molecular weight is 230 g/mol. The van der Waals surface area contributed by atoms with E-state index in [1.54, 1.807) is 11.1 Å². The molecule has 1 aromatic rings. The molecular formula is C15H22N2. The van der Waals surface area contributed by atoms with Crippen molar-refractivity contribution in [2.45, 2.75) is 51.4 Å². The Hall–Kier alpha value is -0.860. The molecule has 1 fully saturated rings. The Balaban J connectivity index is 1.62. The van der Waals surface area contributed by atoms with Crippen molar-refractivity contribution in [3.05, 3.63) is 35.4 Å². The molecule has 2 nitrogen and oxygen atoms in total. The van der Waals surface area contributed by atoms with Crippen molar-refractivity contribution >= 4 is 0 Å². The minimum absolute atomic E-state index is 0.758. The first-order valence-corrected chi connectivity index (χ1v) is 6.91. The minimum Gasteiger partial charge on any atom is -0.314 e. The van der Waals surface area contributed by atoms with E-state index in [4.69, 9.17) is 0 Å². The Morgan fingerprint density at radius 3 is 2.53 bits per heavy atom. The van der Waals surface area contributed by atoms with E-state index in [0.717, 1.165) is 18.6 Å². The fourth-order valence-electron chi connectivity index (χ4n) is 3.38. The van der Waals surface area contributed by atoms with Crippen molar-refractivity contribution in [3.8, 4) is 0 Å². The van der Waals surface area contributed by atoms with Crippen LogP contribution in [0.1, 0.15) is 37.3 Å². The zero-order valence-electron chi connectivity index (χ0n) is 10.7. The Bertz CT molecular complexity index is 363. The van der Waals surface area contributed by atoms with Crippen molar-refractivity contribution in [1.29, 1.82) is 0 Å². The van der Waals surface area contributed by atoms with Gasteiger partial charge in [0.05, 0.1) is 0 Å². The van der Waals surface area contributed by atoms with Crippen molar-refractivity contribution < 1.29 is 0 Å². The first-order valence-electron chi connectivity index (χ1n) is 6.91. The van der Waals surface area contributed by atoms with Gasteiger partial charge in [0.1, 0.15) is 0 Å². The molecule has 1 aliphatic carbocycles. The second-order valence-electron chi connectivity index (χ2n) is 5.40. The Morgan fingerprint density at radius 1 is 1.18 bits per heavy atom. The van der Waals surface area contributed by atoms with Gasteiger partial charge < -0.3 is 5.32 Å². The monoisotopic (exact) mass is 230 g/mol. The van der Waals surface area contributed by atoms with E-state index in [2.05, 4.69) is 41.4 Å². The fourth-order valence-corrected chi connectivity index (χ4v) is 3.38. The standard InChI is InChI=1S/C15H22N2/c1-2-16-14-7-8-15(9-14)17-10-12-5-3-4-6-13(12)11-17/h3-6,14-16H,2,7-11H2,1H3. The van der Waals surface area contributed by atoms with Crippen molar-refractivity contribution in [3.63, 3.8) is 0 Å². The summed E-state index contributed by atoms with van der Waals surface area (Å²) in [5.41, 5.74) is 3.08. The molecule has 0 radical (unpaired) electrons. The Morgan fingerprint density at radius 2 is 1.88 bits per heavy atom. The lowest BCUT2D eigenvalue weighted by molar-refractivity contribution is 0.199. The summed E-state index contributed by atoms with van der Waals surface area (Å²) in [4.78, 5) is 2.67. The normalized spacial score (nSPS) is 28.5. The van der Waals surface area contributed by atoms with Gasteiger partial charge in [-0.3, -0.25) is 4.90 Å². The fraction of sp³-hybridized carbons (Fsp3) is 0.600. The number of hydrogen-bond acceptors (Lipinski definition) is 2. The molecule has 2 heteroatoms. The predicted molar refractivity (Wildman–Crippen MR) is 70.8 cm³/mol. The van der Waals surface area contributed by atoms with E-state index in [1.165, 1.54) is 32.4 Å². The molecule has 1 aliphatic heterocycles. The van der Waals surface area contributed by atoms with Crippen LogP contribution >= 0.6 is 0 Å². The van der Waals surface area contributed by atoms with E-state index >= 15 is 0 Å². The van der Waals surface area contributed by atoms with Crippen LogP contribution in [0, 0.1) is 0 Å². The molecule has 92 valence electrons. The highest BCUT2D eigenvalue weighted by Crippen LogP contribution is 2.31. The van der Waals surface area contributed by atoms with Crippen LogP contribution < -0.4 is 5.32 Å². The smallest absolute Gasteiger partial charge is 0.0243 e. The third-order valence-electron chi connectivity index (χ3n) is 4.28. The van der Waals surface area contributed by atoms with Crippen LogP contribution in [-0.4, -0.2) is 23.5 Å². The molecule has 2 atom stereocenters. The SMILES string of the molecule is CCNC1CCC(N2Cc3ccccc3C2)C1. The number of rotatable bonds is 3. The molecule has 1 aromatic carbocycles. The second-order valence-corrected chi connectivity index (χ2v) is 5.40. The Labute approximate surface area is 104 Å². The van der Waals surface area contributed by atoms with Crippen LogP contribution in [0.2, 0.25) is 0 Å². The van der Waals surface area contributed by atoms with Gasteiger partial charge in [-0.1, -0.05) is 31.2 Å². The van der Waals surface area contributed by atoms with Crippen LogP contribution in [0.25, 0.3) is 0 Å². The first-order chi connectivity index (χ1) is 8.36. The van der Waals surface area contributed by atoms with Gasteiger partial charge in [-0.2, -0.15) is 0 Å². The van der Waals surface area contributed by atoms with Crippen LogP contribution in [0.3, 0.4) is 0 Å². The molecule has 1 N–H and O–H groups in total. The molecule has 0 bridgehead atoms. The van der Waals surface area contributed by atoms with Crippen LogP contribution in [-0.2, 0) is 13.1 Å². The quantitative estimate of drug-likeness (QED) is 0.858. The first kappa shape index (κ1) is 11.2. The maximum absolute atomic E-state index is 3.59. The number of hydrogen-bond donors (Lipinski definition) is 1. The van der Waals surface area contributed by atoms with E-state index in [1.807, 2.05) is 0 Å². The molecule has 0 spiro atoms. The van der Waals surface area contributed by atoms with Gasteiger partial charge in [-0.25, -0.2) is 0 Å². The molecule has 2 aliphatic rings. The Kier molecular flexibility index (Phi) is 3.17. The zero-order valence-corrected chi connectivity index (χ0v) is 10.7. The zero-order chi connectivity index (χ0) is 11.7. The van der Waals surface area contributed by atoms with Gasteiger partial charge in [0.25, 0.3) is 0 Å². The molecule has 17 heavy (non-hydrogen) atoms. The lowest BCUT2D eigenvalue weighted by Crippen LogP contribution is -2.32. The number of fused-ring (bicyclic) bond motifs is 1. The maximum Gasteiger partial charge on any atom is 0.0243 e. The molecule has 3 rings (SSSR count). The van der Waals surface area contributed by atoms with Gasteiger partial charge in [-0.05, 0) is 36.9 Å². The summed E-state index contributed by atoms with van der Waals surface area (Å²) in [5, 5.41) is 3.59. The molecular weight excluding hydrogens is 208 g/mol. The predicted octanol–water partition coefficient (Wildman–Crippen LogP) is 2.53. The van der Waals surface area contributed by atoms with Gasteiger partial charge in [0.2, 0.25) is 0 Å². The van der Waals surface area contributed by atoms with Gasteiger partial charge in [-0.15, -0.1) is 0 Å². The molecule has 0 amide bonds. The van der Waals surface area contributed by atoms with E-state index < -0.39 is 0 Å². The summed E-state index contributed by atoms with van der Waals surface area (Å²) in [7, 11) is 0. The van der Waals surface area contributed by atoms with Gasteiger partial charge >= 0.3 is 0 Å². The van der Waals surface area contributed by atoms with Crippen LogP contribution in [0.15, 0.2) is 24.3 Å². The molecule has 0 aromatic heterocycles.